The zero-order valence-electron chi connectivity index (χ0n) is 11.4. The highest BCUT2D eigenvalue weighted by Crippen LogP contribution is 2.21. The summed E-state index contributed by atoms with van der Waals surface area (Å²) in [5, 5.41) is 10.1. The third-order valence-corrected chi connectivity index (χ3v) is 3.68. The number of fused-ring (bicyclic) bond motifs is 1. The number of aryl methyl sites for hydroxylation is 1. The summed E-state index contributed by atoms with van der Waals surface area (Å²) in [7, 11) is 0. The maximum absolute atomic E-state index is 12.2. The molecule has 2 heterocycles. The standard InChI is InChI=1S/C15H18N4O/c20-15(17-10-11-6-4-5-9-16-11)14-12-7-2-1-3-8-13(12)18-19-14/h4-6,9H,1-3,7-8,10H2,(H,17,20)(H,18,19). The third kappa shape index (κ3) is 2.71. The van der Waals surface area contributed by atoms with E-state index in [2.05, 4.69) is 20.5 Å². The van der Waals surface area contributed by atoms with E-state index < -0.39 is 0 Å². The van der Waals surface area contributed by atoms with Gasteiger partial charge in [-0.1, -0.05) is 12.5 Å². The number of amides is 1. The van der Waals surface area contributed by atoms with E-state index in [9.17, 15) is 4.79 Å². The van der Waals surface area contributed by atoms with Gasteiger partial charge in [0.25, 0.3) is 5.91 Å². The third-order valence-electron chi connectivity index (χ3n) is 3.68. The highest BCUT2D eigenvalue weighted by atomic mass is 16.1. The summed E-state index contributed by atoms with van der Waals surface area (Å²) < 4.78 is 0. The van der Waals surface area contributed by atoms with E-state index >= 15 is 0 Å². The quantitative estimate of drug-likeness (QED) is 0.838. The summed E-state index contributed by atoms with van der Waals surface area (Å²) in [6.45, 7) is 0.432. The van der Waals surface area contributed by atoms with Crippen LogP contribution in [0.15, 0.2) is 24.4 Å². The van der Waals surface area contributed by atoms with E-state index in [-0.39, 0.29) is 5.91 Å². The first-order valence-corrected chi connectivity index (χ1v) is 7.09. The number of aromatic nitrogens is 3. The molecule has 0 saturated carbocycles. The van der Waals surface area contributed by atoms with Crippen LogP contribution >= 0.6 is 0 Å². The maximum Gasteiger partial charge on any atom is 0.272 e. The van der Waals surface area contributed by atoms with Crippen molar-refractivity contribution in [1.29, 1.82) is 0 Å². The number of aromatic amines is 1. The fourth-order valence-corrected chi connectivity index (χ4v) is 2.60. The molecule has 0 bridgehead atoms. The molecule has 5 nitrogen and oxygen atoms in total. The maximum atomic E-state index is 12.2. The Hall–Kier alpha value is -2.17. The van der Waals surface area contributed by atoms with Crippen molar-refractivity contribution in [3.63, 3.8) is 0 Å². The minimum Gasteiger partial charge on any atom is -0.345 e. The molecule has 0 aliphatic heterocycles. The molecule has 2 N–H and O–H groups in total. The summed E-state index contributed by atoms with van der Waals surface area (Å²) in [4.78, 5) is 16.4. The number of H-pyrrole nitrogens is 1. The van der Waals surface area contributed by atoms with Crippen LogP contribution in [0.25, 0.3) is 0 Å². The number of hydrogen-bond acceptors (Lipinski definition) is 3. The molecule has 1 amide bonds. The summed E-state index contributed by atoms with van der Waals surface area (Å²) in [6.07, 6.45) is 7.19. The lowest BCUT2D eigenvalue weighted by molar-refractivity contribution is 0.0944. The Balaban J connectivity index is 1.70. The van der Waals surface area contributed by atoms with Crippen molar-refractivity contribution in [3.8, 4) is 0 Å². The van der Waals surface area contributed by atoms with Crippen molar-refractivity contribution in [1.82, 2.24) is 20.5 Å². The zero-order valence-corrected chi connectivity index (χ0v) is 11.4. The predicted molar refractivity (Wildman–Crippen MR) is 75.3 cm³/mol. The Labute approximate surface area is 117 Å². The van der Waals surface area contributed by atoms with E-state index in [0.29, 0.717) is 12.2 Å². The smallest absolute Gasteiger partial charge is 0.272 e. The van der Waals surface area contributed by atoms with Crippen LogP contribution in [0.4, 0.5) is 0 Å². The summed E-state index contributed by atoms with van der Waals surface area (Å²) in [5.41, 5.74) is 3.63. The Bertz CT molecular complexity index is 591. The van der Waals surface area contributed by atoms with Gasteiger partial charge in [0, 0.05) is 17.5 Å². The lowest BCUT2D eigenvalue weighted by atomic mass is 10.1. The van der Waals surface area contributed by atoms with Crippen molar-refractivity contribution < 1.29 is 4.79 Å². The van der Waals surface area contributed by atoms with Crippen molar-refractivity contribution in [2.45, 2.75) is 38.6 Å². The van der Waals surface area contributed by atoms with Gasteiger partial charge in [-0.05, 0) is 37.8 Å². The molecule has 0 fully saturated rings. The van der Waals surface area contributed by atoms with Gasteiger partial charge in [0.2, 0.25) is 0 Å². The van der Waals surface area contributed by atoms with Crippen LogP contribution in [0.5, 0.6) is 0 Å². The minimum absolute atomic E-state index is 0.116. The molecule has 0 spiro atoms. The van der Waals surface area contributed by atoms with Crippen molar-refractivity contribution in [2.24, 2.45) is 0 Å². The molecule has 2 aromatic rings. The van der Waals surface area contributed by atoms with Crippen molar-refractivity contribution in [3.05, 3.63) is 47.0 Å². The molecule has 3 rings (SSSR count). The summed E-state index contributed by atoms with van der Waals surface area (Å²) in [6, 6.07) is 5.67. The molecule has 2 aromatic heterocycles. The molecular formula is C15H18N4O. The number of nitrogens with one attached hydrogen (secondary N) is 2. The van der Waals surface area contributed by atoms with Crippen LogP contribution in [-0.2, 0) is 19.4 Å². The fourth-order valence-electron chi connectivity index (χ4n) is 2.60. The van der Waals surface area contributed by atoms with Gasteiger partial charge in [0.1, 0.15) is 0 Å². The summed E-state index contributed by atoms with van der Waals surface area (Å²) in [5.74, 6) is -0.116. The largest absolute Gasteiger partial charge is 0.345 e. The Morgan fingerprint density at radius 1 is 1.25 bits per heavy atom. The van der Waals surface area contributed by atoms with Gasteiger partial charge in [-0.2, -0.15) is 5.10 Å². The number of carbonyl (C=O) groups excluding carboxylic acids is 1. The van der Waals surface area contributed by atoms with Crippen LogP contribution in [0, 0.1) is 0 Å². The van der Waals surface area contributed by atoms with Gasteiger partial charge in [-0.25, -0.2) is 0 Å². The molecule has 1 aliphatic carbocycles. The minimum atomic E-state index is -0.116. The molecular weight excluding hydrogens is 252 g/mol. The van der Waals surface area contributed by atoms with Crippen LogP contribution in [0.2, 0.25) is 0 Å². The predicted octanol–water partition coefficient (Wildman–Crippen LogP) is 2.00. The highest BCUT2D eigenvalue weighted by molar-refractivity contribution is 5.93. The monoisotopic (exact) mass is 270 g/mol. The van der Waals surface area contributed by atoms with Gasteiger partial charge >= 0.3 is 0 Å². The first-order valence-electron chi connectivity index (χ1n) is 7.09. The second kappa shape index (κ2) is 5.86. The molecule has 0 radical (unpaired) electrons. The van der Waals surface area contributed by atoms with E-state index in [1.807, 2.05) is 18.2 Å². The molecule has 5 heteroatoms. The van der Waals surface area contributed by atoms with E-state index in [1.165, 1.54) is 12.8 Å². The average Bonchev–Trinajstić information content (AvgIpc) is 2.75. The lowest BCUT2D eigenvalue weighted by Gasteiger charge is -2.04. The molecule has 1 aliphatic rings. The van der Waals surface area contributed by atoms with Gasteiger partial charge in [0.05, 0.1) is 12.2 Å². The van der Waals surface area contributed by atoms with E-state index in [4.69, 9.17) is 0 Å². The number of hydrogen-bond donors (Lipinski definition) is 2. The molecule has 0 unspecified atom stereocenters. The summed E-state index contributed by atoms with van der Waals surface area (Å²) >= 11 is 0. The zero-order chi connectivity index (χ0) is 13.8. The number of nitrogens with zero attached hydrogens (tertiary/aromatic N) is 2. The van der Waals surface area contributed by atoms with Crippen LogP contribution in [-0.4, -0.2) is 21.1 Å². The number of carbonyl (C=O) groups is 1. The topological polar surface area (TPSA) is 70.7 Å². The van der Waals surface area contributed by atoms with Gasteiger partial charge in [-0.3, -0.25) is 14.9 Å². The van der Waals surface area contributed by atoms with E-state index in [0.717, 1.165) is 36.2 Å². The molecule has 104 valence electrons. The van der Waals surface area contributed by atoms with Crippen molar-refractivity contribution in [2.75, 3.05) is 0 Å². The fraction of sp³-hybridized carbons (Fsp3) is 0.400. The van der Waals surface area contributed by atoms with Crippen molar-refractivity contribution >= 4 is 5.91 Å². The molecule has 0 saturated heterocycles. The Morgan fingerprint density at radius 3 is 3.00 bits per heavy atom. The molecule has 0 aromatic carbocycles. The number of rotatable bonds is 3. The second-order valence-corrected chi connectivity index (χ2v) is 5.09. The molecule has 0 atom stereocenters. The van der Waals surface area contributed by atoms with Crippen LogP contribution < -0.4 is 5.32 Å². The van der Waals surface area contributed by atoms with Gasteiger partial charge in [-0.15, -0.1) is 0 Å². The Kier molecular flexibility index (Phi) is 3.76. The molecule has 20 heavy (non-hydrogen) atoms. The van der Waals surface area contributed by atoms with Crippen LogP contribution in [0.3, 0.4) is 0 Å². The normalized spacial score (nSPS) is 14.4. The Morgan fingerprint density at radius 2 is 2.15 bits per heavy atom. The van der Waals surface area contributed by atoms with Gasteiger partial charge in [0.15, 0.2) is 5.69 Å². The highest BCUT2D eigenvalue weighted by Gasteiger charge is 2.20. The SMILES string of the molecule is O=C(NCc1ccccn1)c1n[nH]c2c1CCCCC2. The lowest BCUT2D eigenvalue weighted by Crippen LogP contribution is -2.24. The second-order valence-electron chi connectivity index (χ2n) is 5.09. The first-order chi connectivity index (χ1) is 9.84. The van der Waals surface area contributed by atoms with E-state index in [1.54, 1.807) is 6.20 Å². The first kappa shape index (κ1) is 12.8. The van der Waals surface area contributed by atoms with Crippen LogP contribution in [0.1, 0.15) is 46.7 Å². The average molecular weight is 270 g/mol. The van der Waals surface area contributed by atoms with Gasteiger partial charge < -0.3 is 5.32 Å². The number of pyridine rings is 1.